The zero-order valence-electron chi connectivity index (χ0n) is 15.9. The summed E-state index contributed by atoms with van der Waals surface area (Å²) in [5.74, 6) is -0.364. The van der Waals surface area contributed by atoms with Gasteiger partial charge in [0.05, 0.1) is 19.1 Å². The molecular weight excluding hydrogens is 346 g/mol. The SMILES string of the molecule is COC(=O)N1CCC(NC(=O)C2CC(=O)N(C(C)c3ccccc3)C2)CC1. The normalized spacial score (nSPS) is 21.9. The van der Waals surface area contributed by atoms with Crippen LogP contribution in [0.4, 0.5) is 4.79 Å². The number of piperidine rings is 1. The molecule has 7 heteroatoms. The van der Waals surface area contributed by atoms with Crippen LogP contribution in [-0.2, 0) is 14.3 Å². The number of nitrogens with one attached hydrogen (secondary N) is 1. The van der Waals surface area contributed by atoms with E-state index in [1.165, 1.54) is 7.11 Å². The third-order valence-corrected chi connectivity index (χ3v) is 5.55. The van der Waals surface area contributed by atoms with Crippen LogP contribution in [0, 0.1) is 5.92 Å². The van der Waals surface area contributed by atoms with Crippen molar-refractivity contribution in [1.29, 1.82) is 0 Å². The van der Waals surface area contributed by atoms with Gasteiger partial charge in [-0.05, 0) is 25.3 Å². The molecule has 2 atom stereocenters. The van der Waals surface area contributed by atoms with E-state index in [4.69, 9.17) is 4.74 Å². The van der Waals surface area contributed by atoms with Crippen LogP contribution < -0.4 is 5.32 Å². The molecule has 0 saturated carbocycles. The summed E-state index contributed by atoms with van der Waals surface area (Å²) in [7, 11) is 1.37. The number of benzene rings is 1. The van der Waals surface area contributed by atoms with Gasteiger partial charge in [-0.1, -0.05) is 30.3 Å². The van der Waals surface area contributed by atoms with Crippen molar-refractivity contribution >= 4 is 17.9 Å². The zero-order chi connectivity index (χ0) is 19.4. The van der Waals surface area contributed by atoms with E-state index in [2.05, 4.69) is 5.32 Å². The molecule has 2 aliphatic rings. The summed E-state index contributed by atoms with van der Waals surface area (Å²) in [6.45, 7) is 3.58. The van der Waals surface area contributed by atoms with E-state index in [0.29, 0.717) is 32.5 Å². The molecule has 0 aliphatic carbocycles. The van der Waals surface area contributed by atoms with Gasteiger partial charge in [0.1, 0.15) is 0 Å². The predicted octanol–water partition coefficient (Wildman–Crippen LogP) is 1.94. The van der Waals surface area contributed by atoms with Crippen molar-refractivity contribution in [2.75, 3.05) is 26.7 Å². The quantitative estimate of drug-likeness (QED) is 0.875. The number of nitrogens with zero attached hydrogens (tertiary/aromatic N) is 2. The number of methoxy groups -OCH3 is 1. The fraction of sp³-hybridized carbons (Fsp3) is 0.550. The number of rotatable bonds is 4. The minimum atomic E-state index is -0.327. The summed E-state index contributed by atoms with van der Waals surface area (Å²) in [4.78, 5) is 40.0. The molecule has 0 bridgehead atoms. The van der Waals surface area contributed by atoms with Gasteiger partial charge in [0.15, 0.2) is 0 Å². The van der Waals surface area contributed by atoms with Crippen molar-refractivity contribution in [3.8, 4) is 0 Å². The first-order valence-electron chi connectivity index (χ1n) is 9.47. The number of carbonyl (C=O) groups is 3. The molecule has 0 spiro atoms. The van der Waals surface area contributed by atoms with Crippen LogP contribution in [0.25, 0.3) is 0 Å². The molecule has 0 aromatic heterocycles. The van der Waals surface area contributed by atoms with Crippen molar-refractivity contribution < 1.29 is 19.1 Å². The van der Waals surface area contributed by atoms with E-state index in [1.54, 1.807) is 9.80 Å². The highest BCUT2D eigenvalue weighted by atomic mass is 16.5. The molecule has 3 rings (SSSR count). The number of carbonyl (C=O) groups excluding carboxylic acids is 3. The van der Waals surface area contributed by atoms with E-state index in [0.717, 1.165) is 5.56 Å². The Morgan fingerprint density at radius 3 is 2.48 bits per heavy atom. The zero-order valence-corrected chi connectivity index (χ0v) is 15.9. The molecule has 7 nitrogen and oxygen atoms in total. The number of hydrogen-bond donors (Lipinski definition) is 1. The van der Waals surface area contributed by atoms with E-state index in [-0.39, 0.29) is 42.3 Å². The summed E-state index contributed by atoms with van der Waals surface area (Å²) in [6, 6.07) is 9.85. The monoisotopic (exact) mass is 373 g/mol. The lowest BCUT2D eigenvalue weighted by molar-refractivity contribution is -0.130. The van der Waals surface area contributed by atoms with Crippen LogP contribution in [0.3, 0.4) is 0 Å². The molecule has 2 saturated heterocycles. The highest BCUT2D eigenvalue weighted by Gasteiger charge is 2.37. The maximum atomic E-state index is 12.6. The molecule has 27 heavy (non-hydrogen) atoms. The van der Waals surface area contributed by atoms with Crippen molar-refractivity contribution in [3.63, 3.8) is 0 Å². The standard InChI is InChI=1S/C20H27N3O4/c1-14(15-6-4-3-5-7-15)23-13-16(12-18(23)24)19(25)21-17-8-10-22(11-9-17)20(26)27-2/h3-7,14,16-17H,8-13H2,1-2H3,(H,21,25). The van der Waals surface area contributed by atoms with Crippen molar-refractivity contribution in [2.45, 2.75) is 38.3 Å². The molecule has 2 fully saturated rings. The van der Waals surface area contributed by atoms with Crippen LogP contribution in [0.1, 0.15) is 37.8 Å². The van der Waals surface area contributed by atoms with Crippen molar-refractivity contribution in [2.24, 2.45) is 5.92 Å². The predicted molar refractivity (Wildman–Crippen MR) is 99.8 cm³/mol. The highest BCUT2D eigenvalue weighted by Crippen LogP contribution is 2.28. The molecule has 1 aromatic rings. The smallest absolute Gasteiger partial charge is 0.409 e. The highest BCUT2D eigenvalue weighted by molar-refractivity contribution is 5.89. The van der Waals surface area contributed by atoms with Crippen LogP contribution in [-0.4, -0.2) is 60.5 Å². The Balaban J connectivity index is 1.52. The first kappa shape index (κ1) is 19.2. The number of ether oxygens (including phenoxy) is 1. The second kappa shape index (κ2) is 8.41. The molecular formula is C20H27N3O4. The summed E-state index contributed by atoms with van der Waals surface area (Å²) in [5, 5.41) is 3.06. The Labute approximate surface area is 159 Å². The Morgan fingerprint density at radius 2 is 1.85 bits per heavy atom. The third-order valence-electron chi connectivity index (χ3n) is 5.55. The third kappa shape index (κ3) is 4.40. The van der Waals surface area contributed by atoms with E-state index < -0.39 is 0 Å². The molecule has 146 valence electrons. The van der Waals surface area contributed by atoms with Crippen molar-refractivity contribution in [3.05, 3.63) is 35.9 Å². The fourth-order valence-corrected chi connectivity index (χ4v) is 3.85. The van der Waals surface area contributed by atoms with Crippen LogP contribution in [0.5, 0.6) is 0 Å². The maximum Gasteiger partial charge on any atom is 0.409 e. The second-order valence-corrected chi connectivity index (χ2v) is 7.27. The van der Waals surface area contributed by atoms with Crippen molar-refractivity contribution in [1.82, 2.24) is 15.1 Å². The first-order valence-corrected chi connectivity index (χ1v) is 9.47. The van der Waals surface area contributed by atoms with Gasteiger partial charge in [-0.25, -0.2) is 4.79 Å². The minimum Gasteiger partial charge on any atom is -0.453 e. The Bertz CT molecular complexity index is 686. The summed E-state index contributed by atoms with van der Waals surface area (Å²) >= 11 is 0. The van der Waals surface area contributed by atoms with Crippen LogP contribution in [0.2, 0.25) is 0 Å². The topological polar surface area (TPSA) is 79.0 Å². The summed E-state index contributed by atoms with van der Waals surface area (Å²) in [5.41, 5.74) is 1.07. The summed E-state index contributed by atoms with van der Waals surface area (Å²) in [6.07, 6.45) is 1.33. The lowest BCUT2D eigenvalue weighted by atomic mass is 10.0. The molecule has 3 amide bonds. The Kier molecular flexibility index (Phi) is 5.98. The van der Waals surface area contributed by atoms with E-state index in [1.807, 2.05) is 37.3 Å². The largest absolute Gasteiger partial charge is 0.453 e. The molecule has 2 unspecified atom stereocenters. The number of likely N-dealkylation sites (tertiary alicyclic amines) is 2. The lowest BCUT2D eigenvalue weighted by Crippen LogP contribution is -2.48. The van der Waals surface area contributed by atoms with E-state index in [9.17, 15) is 14.4 Å². The average molecular weight is 373 g/mol. The van der Waals surface area contributed by atoms with Gasteiger partial charge in [0.25, 0.3) is 0 Å². The van der Waals surface area contributed by atoms with Gasteiger partial charge in [-0.3, -0.25) is 9.59 Å². The molecule has 1 aromatic carbocycles. The average Bonchev–Trinajstić information content (AvgIpc) is 3.10. The van der Waals surface area contributed by atoms with E-state index >= 15 is 0 Å². The Hall–Kier alpha value is -2.57. The Morgan fingerprint density at radius 1 is 1.19 bits per heavy atom. The summed E-state index contributed by atoms with van der Waals surface area (Å²) < 4.78 is 4.73. The van der Waals surface area contributed by atoms with Gasteiger partial charge in [-0.15, -0.1) is 0 Å². The van der Waals surface area contributed by atoms with Gasteiger partial charge >= 0.3 is 6.09 Å². The number of hydrogen-bond acceptors (Lipinski definition) is 4. The molecule has 0 radical (unpaired) electrons. The van der Waals surface area contributed by atoms with Gasteiger partial charge in [0.2, 0.25) is 11.8 Å². The molecule has 2 heterocycles. The second-order valence-electron chi connectivity index (χ2n) is 7.27. The number of amides is 3. The van der Waals surface area contributed by atoms with Crippen LogP contribution in [0.15, 0.2) is 30.3 Å². The molecule has 1 N–H and O–H groups in total. The lowest BCUT2D eigenvalue weighted by Gasteiger charge is -2.32. The molecule has 2 aliphatic heterocycles. The fourth-order valence-electron chi connectivity index (χ4n) is 3.85. The van der Waals surface area contributed by atoms with Crippen LogP contribution >= 0.6 is 0 Å². The van der Waals surface area contributed by atoms with Gasteiger partial charge in [-0.2, -0.15) is 0 Å². The minimum absolute atomic E-state index is 0.0204. The first-order chi connectivity index (χ1) is 13.0. The van der Waals surface area contributed by atoms with Gasteiger partial charge < -0.3 is 19.9 Å². The maximum absolute atomic E-state index is 12.6. The van der Waals surface area contributed by atoms with Gasteiger partial charge in [0, 0.05) is 32.1 Å².